The molecule has 0 aliphatic rings. The van der Waals surface area contributed by atoms with Gasteiger partial charge in [-0.3, -0.25) is 0 Å². The third-order valence-corrected chi connectivity index (χ3v) is 10.5. The van der Waals surface area contributed by atoms with Crippen LogP contribution in [0.25, 0.3) is 99.2 Å². The van der Waals surface area contributed by atoms with Crippen molar-refractivity contribution in [2.24, 2.45) is 0 Å². The highest BCUT2D eigenvalue weighted by molar-refractivity contribution is 6.29. The standard InChI is InChI=1S/C48H30N2O/c1-2-12-31(13-3-1)32-24-26-34(27-25-32)49-40-20-7-4-16-37(40)47-42(49)28-29-43-48(47)38-17-5-8-21-41(38)50(43)35-15-10-14-33(30-35)36-19-11-23-45-46(36)39-18-6-9-22-44(39)51-45/h1-30H. The predicted molar refractivity (Wildman–Crippen MR) is 213 cm³/mol. The van der Waals surface area contributed by atoms with Crippen LogP contribution in [0.4, 0.5) is 0 Å². The maximum Gasteiger partial charge on any atom is 0.136 e. The topological polar surface area (TPSA) is 23.0 Å². The van der Waals surface area contributed by atoms with Gasteiger partial charge in [0.05, 0.1) is 22.1 Å². The van der Waals surface area contributed by atoms with Crippen molar-refractivity contribution in [2.45, 2.75) is 0 Å². The summed E-state index contributed by atoms with van der Waals surface area (Å²) >= 11 is 0. The lowest BCUT2D eigenvalue weighted by atomic mass is 9.99. The van der Waals surface area contributed by atoms with Crippen LogP contribution in [0, 0.1) is 0 Å². The van der Waals surface area contributed by atoms with E-state index in [1.54, 1.807) is 0 Å². The van der Waals surface area contributed by atoms with Crippen LogP contribution in [0.2, 0.25) is 0 Å². The fourth-order valence-electron chi connectivity index (χ4n) is 8.34. The molecule has 11 rings (SSSR count). The van der Waals surface area contributed by atoms with Crippen molar-refractivity contribution in [3.63, 3.8) is 0 Å². The maximum atomic E-state index is 6.26. The molecule has 0 spiro atoms. The Morgan fingerprint density at radius 2 is 0.863 bits per heavy atom. The van der Waals surface area contributed by atoms with Gasteiger partial charge in [0.15, 0.2) is 0 Å². The van der Waals surface area contributed by atoms with Crippen LogP contribution in [0.1, 0.15) is 0 Å². The van der Waals surface area contributed by atoms with Crippen LogP contribution in [-0.2, 0) is 0 Å². The quantitative estimate of drug-likeness (QED) is 0.186. The van der Waals surface area contributed by atoms with Crippen LogP contribution in [0.3, 0.4) is 0 Å². The van der Waals surface area contributed by atoms with Crippen LogP contribution in [-0.4, -0.2) is 9.13 Å². The Morgan fingerprint density at radius 3 is 1.59 bits per heavy atom. The highest BCUT2D eigenvalue weighted by atomic mass is 16.3. The first-order valence-electron chi connectivity index (χ1n) is 17.4. The van der Waals surface area contributed by atoms with E-state index in [9.17, 15) is 0 Å². The summed E-state index contributed by atoms with van der Waals surface area (Å²) in [6, 6.07) is 65.4. The van der Waals surface area contributed by atoms with E-state index in [0.29, 0.717) is 0 Å². The van der Waals surface area contributed by atoms with E-state index >= 15 is 0 Å². The molecule has 0 saturated heterocycles. The molecule has 3 nitrogen and oxygen atoms in total. The van der Waals surface area contributed by atoms with Gasteiger partial charge in [-0.25, -0.2) is 0 Å². The number of rotatable bonds is 4. The summed E-state index contributed by atoms with van der Waals surface area (Å²) in [4.78, 5) is 0. The number of nitrogens with zero attached hydrogens (tertiary/aromatic N) is 2. The molecule has 0 unspecified atom stereocenters. The molecule has 11 aromatic rings. The number of furan rings is 1. The lowest BCUT2D eigenvalue weighted by Gasteiger charge is -2.12. The second kappa shape index (κ2) is 10.8. The van der Waals surface area contributed by atoms with Crippen molar-refractivity contribution in [3.8, 4) is 33.6 Å². The molecular formula is C48H30N2O. The second-order valence-electron chi connectivity index (χ2n) is 13.3. The minimum atomic E-state index is 0.907. The summed E-state index contributed by atoms with van der Waals surface area (Å²) in [6.07, 6.45) is 0. The summed E-state index contributed by atoms with van der Waals surface area (Å²) in [6.45, 7) is 0. The van der Waals surface area contributed by atoms with Crippen LogP contribution in [0.5, 0.6) is 0 Å². The van der Waals surface area contributed by atoms with E-state index in [2.05, 4.69) is 179 Å². The molecule has 0 N–H and O–H groups in total. The van der Waals surface area contributed by atoms with Gasteiger partial charge < -0.3 is 13.6 Å². The van der Waals surface area contributed by atoms with Gasteiger partial charge in [0.1, 0.15) is 11.2 Å². The Balaban J connectivity index is 1.15. The highest BCUT2D eigenvalue weighted by Crippen LogP contribution is 2.43. The first kappa shape index (κ1) is 28.0. The molecule has 0 aliphatic carbocycles. The van der Waals surface area contributed by atoms with Crippen molar-refractivity contribution in [2.75, 3.05) is 0 Å². The zero-order valence-corrected chi connectivity index (χ0v) is 27.6. The normalized spacial score (nSPS) is 11.9. The van der Waals surface area contributed by atoms with E-state index in [1.807, 2.05) is 12.1 Å². The SMILES string of the molecule is c1ccc(-c2ccc(-n3c4ccccc4c4c5c6ccccc6n(-c6cccc(-c7cccc8oc9ccccc9c78)c6)c5ccc43)cc2)cc1. The van der Waals surface area contributed by atoms with Gasteiger partial charge in [-0.05, 0) is 82.9 Å². The Labute approximate surface area is 293 Å². The Hall–Kier alpha value is -6.84. The zero-order chi connectivity index (χ0) is 33.5. The first-order chi connectivity index (χ1) is 25.3. The molecule has 8 aromatic carbocycles. The van der Waals surface area contributed by atoms with Crippen LogP contribution >= 0.6 is 0 Å². The highest BCUT2D eigenvalue weighted by Gasteiger charge is 2.21. The third kappa shape index (κ3) is 4.12. The molecular weight excluding hydrogens is 621 g/mol. The number of hydrogen-bond donors (Lipinski definition) is 0. The fourth-order valence-corrected chi connectivity index (χ4v) is 8.34. The van der Waals surface area contributed by atoms with Gasteiger partial charge in [-0.2, -0.15) is 0 Å². The van der Waals surface area contributed by atoms with Crippen molar-refractivity contribution < 1.29 is 4.42 Å². The van der Waals surface area contributed by atoms with E-state index in [0.717, 1.165) is 38.9 Å². The van der Waals surface area contributed by atoms with Crippen molar-refractivity contribution in [1.29, 1.82) is 0 Å². The van der Waals surface area contributed by atoms with E-state index in [4.69, 9.17) is 4.42 Å². The van der Waals surface area contributed by atoms with Crippen LogP contribution < -0.4 is 0 Å². The Bertz CT molecular complexity index is 3120. The number of benzene rings is 8. The molecule has 0 saturated carbocycles. The molecule has 3 heteroatoms. The average molecular weight is 651 g/mol. The molecule has 3 heterocycles. The first-order valence-corrected chi connectivity index (χ1v) is 17.4. The predicted octanol–water partition coefficient (Wildman–Crippen LogP) is 13.1. The molecule has 0 fully saturated rings. The number of fused-ring (bicyclic) bond motifs is 10. The van der Waals surface area contributed by atoms with Crippen molar-refractivity contribution in [1.82, 2.24) is 9.13 Å². The Kier molecular flexibility index (Phi) is 5.96. The summed E-state index contributed by atoms with van der Waals surface area (Å²) in [5, 5.41) is 7.33. The Morgan fingerprint density at radius 1 is 0.314 bits per heavy atom. The molecule has 0 amide bonds. The van der Waals surface area contributed by atoms with Gasteiger partial charge in [0.25, 0.3) is 0 Å². The number of para-hydroxylation sites is 3. The molecule has 3 aromatic heterocycles. The summed E-state index contributed by atoms with van der Waals surface area (Å²) in [5.41, 5.74) is 13.6. The molecule has 238 valence electrons. The fraction of sp³-hybridized carbons (Fsp3) is 0. The van der Waals surface area contributed by atoms with Crippen molar-refractivity contribution in [3.05, 3.63) is 182 Å². The molecule has 0 aliphatic heterocycles. The molecule has 0 radical (unpaired) electrons. The van der Waals surface area contributed by atoms with Crippen LogP contribution in [0.15, 0.2) is 186 Å². The molecule has 0 bridgehead atoms. The summed E-state index contributed by atoms with van der Waals surface area (Å²) in [7, 11) is 0. The summed E-state index contributed by atoms with van der Waals surface area (Å²) < 4.78 is 11.1. The molecule has 51 heavy (non-hydrogen) atoms. The van der Waals surface area contributed by atoms with Gasteiger partial charge in [-0.15, -0.1) is 0 Å². The van der Waals surface area contributed by atoms with Gasteiger partial charge >= 0.3 is 0 Å². The van der Waals surface area contributed by atoms with Gasteiger partial charge in [-0.1, -0.05) is 121 Å². The average Bonchev–Trinajstić information content (AvgIpc) is 3.86. The lowest BCUT2D eigenvalue weighted by molar-refractivity contribution is 0.669. The lowest BCUT2D eigenvalue weighted by Crippen LogP contribution is -1.95. The van der Waals surface area contributed by atoms with Crippen molar-refractivity contribution >= 4 is 65.6 Å². The minimum Gasteiger partial charge on any atom is -0.456 e. The number of aromatic nitrogens is 2. The largest absolute Gasteiger partial charge is 0.456 e. The third-order valence-electron chi connectivity index (χ3n) is 10.5. The van der Waals surface area contributed by atoms with Gasteiger partial charge in [0.2, 0.25) is 0 Å². The smallest absolute Gasteiger partial charge is 0.136 e. The van der Waals surface area contributed by atoms with E-state index in [-0.39, 0.29) is 0 Å². The van der Waals surface area contributed by atoms with E-state index in [1.165, 1.54) is 60.3 Å². The minimum absolute atomic E-state index is 0.907. The monoisotopic (exact) mass is 650 g/mol. The van der Waals surface area contributed by atoms with E-state index < -0.39 is 0 Å². The second-order valence-corrected chi connectivity index (χ2v) is 13.3. The number of hydrogen-bond acceptors (Lipinski definition) is 1. The molecule has 0 atom stereocenters. The van der Waals surface area contributed by atoms with Gasteiger partial charge in [0, 0.05) is 43.7 Å². The zero-order valence-electron chi connectivity index (χ0n) is 27.6. The summed E-state index contributed by atoms with van der Waals surface area (Å²) in [5.74, 6) is 0. The maximum absolute atomic E-state index is 6.26.